The number of anilines is 2. The predicted molar refractivity (Wildman–Crippen MR) is 83.1 cm³/mol. The van der Waals surface area contributed by atoms with Crippen LogP contribution in [0.15, 0.2) is 42.0 Å². The largest absolute Gasteiger partial charge is 0.396 e. The Bertz CT molecular complexity index is 761. The maximum Gasteiger partial charge on any atom is 0.278 e. The first-order chi connectivity index (χ1) is 10.1. The number of hydrogen-bond donors (Lipinski definition) is 2. The number of carbonyl (C=O) groups excluding carboxylic acids is 1. The molecule has 0 saturated heterocycles. The van der Waals surface area contributed by atoms with Gasteiger partial charge in [0.15, 0.2) is 5.69 Å². The fourth-order valence-corrected chi connectivity index (χ4v) is 2.58. The van der Waals surface area contributed by atoms with Gasteiger partial charge in [0.2, 0.25) is 0 Å². The van der Waals surface area contributed by atoms with Gasteiger partial charge in [0, 0.05) is 36.1 Å². The summed E-state index contributed by atoms with van der Waals surface area (Å²) in [5, 5.41) is 9.68. The molecule has 2 heterocycles. The molecule has 0 spiro atoms. The van der Waals surface area contributed by atoms with Crippen LogP contribution in [0.5, 0.6) is 0 Å². The molecule has 0 aliphatic rings. The zero-order valence-electron chi connectivity index (χ0n) is 11.3. The molecule has 0 fully saturated rings. The normalized spacial score (nSPS) is 10.5. The van der Waals surface area contributed by atoms with Crippen LogP contribution in [0.4, 0.5) is 11.4 Å². The Hall–Kier alpha value is -2.67. The molecular weight excluding hydrogens is 286 g/mol. The third-order valence-corrected chi connectivity index (χ3v) is 3.72. The molecule has 2 aromatic heterocycles. The topological polar surface area (TPSA) is 85.8 Å². The maximum absolute atomic E-state index is 12.1. The number of benzene rings is 1. The van der Waals surface area contributed by atoms with Gasteiger partial charge in [-0.2, -0.15) is 5.10 Å². The lowest BCUT2D eigenvalue weighted by molar-refractivity contribution is 0.102. The van der Waals surface area contributed by atoms with Crippen LogP contribution in [0.1, 0.15) is 10.5 Å². The van der Waals surface area contributed by atoms with E-state index in [4.69, 9.17) is 5.73 Å². The van der Waals surface area contributed by atoms with Gasteiger partial charge in [-0.25, -0.2) is 4.98 Å². The number of aryl methyl sites for hydroxylation is 1. The Balaban J connectivity index is 1.76. The molecule has 0 saturated carbocycles. The van der Waals surface area contributed by atoms with Crippen molar-refractivity contribution in [3.8, 4) is 10.6 Å². The lowest BCUT2D eigenvalue weighted by Gasteiger charge is -2.04. The van der Waals surface area contributed by atoms with Crippen LogP contribution in [0.25, 0.3) is 10.6 Å². The minimum absolute atomic E-state index is 0.224. The summed E-state index contributed by atoms with van der Waals surface area (Å²) in [6.45, 7) is 0. The Kier molecular flexibility index (Phi) is 3.41. The van der Waals surface area contributed by atoms with E-state index < -0.39 is 0 Å². The highest BCUT2D eigenvalue weighted by atomic mass is 32.1. The number of carbonyl (C=O) groups is 1. The molecular formula is C14H13N5OS. The van der Waals surface area contributed by atoms with Crippen molar-refractivity contribution in [3.05, 3.63) is 47.7 Å². The molecule has 3 N–H and O–H groups in total. The third-order valence-electron chi connectivity index (χ3n) is 2.89. The molecule has 3 rings (SSSR count). The fourth-order valence-electron chi connectivity index (χ4n) is 1.94. The van der Waals surface area contributed by atoms with Gasteiger partial charge in [-0.1, -0.05) is 0 Å². The second-order valence-corrected chi connectivity index (χ2v) is 5.37. The van der Waals surface area contributed by atoms with Crippen molar-refractivity contribution in [3.63, 3.8) is 0 Å². The van der Waals surface area contributed by atoms with Crippen molar-refractivity contribution >= 4 is 28.6 Å². The number of rotatable bonds is 3. The molecule has 1 amide bonds. The first-order valence-electron chi connectivity index (χ1n) is 6.24. The molecule has 21 heavy (non-hydrogen) atoms. The third kappa shape index (κ3) is 2.77. The van der Waals surface area contributed by atoms with E-state index in [1.807, 2.05) is 29.6 Å². The molecule has 0 unspecified atom stereocenters. The first-order valence-corrected chi connectivity index (χ1v) is 7.12. The van der Waals surface area contributed by atoms with Crippen molar-refractivity contribution in [2.24, 2.45) is 7.05 Å². The Morgan fingerprint density at radius 1 is 1.33 bits per heavy atom. The van der Waals surface area contributed by atoms with Crippen LogP contribution in [-0.2, 0) is 7.05 Å². The number of aromatic nitrogens is 3. The average Bonchev–Trinajstić information content (AvgIpc) is 3.09. The summed E-state index contributed by atoms with van der Waals surface area (Å²) in [5.41, 5.74) is 8.01. The van der Waals surface area contributed by atoms with E-state index in [2.05, 4.69) is 15.4 Å². The molecule has 106 valence electrons. The minimum atomic E-state index is -0.324. The zero-order chi connectivity index (χ0) is 14.8. The highest BCUT2D eigenvalue weighted by Gasteiger charge is 2.14. The Morgan fingerprint density at radius 2 is 2.10 bits per heavy atom. The van der Waals surface area contributed by atoms with E-state index in [0.29, 0.717) is 11.4 Å². The number of nitrogens with zero attached hydrogens (tertiary/aromatic N) is 3. The SMILES string of the molecule is Cn1cc(N)c(C(=O)Nc2ccc(-c3nccs3)cc2)n1. The lowest BCUT2D eigenvalue weighted by Crippen LogP contribution is -2.14. The number of nitrogen functional groups attached to an aromatic ring is 1. The number of nitrogens with one attached hydrogen (secondary N) is 1. The van der Waals surface area contributed by atoms with Gasteiger partial charge in [0.1, 0.15) is 5.01 Å². The van der Waals surface area contributed by atoms with Crippen molar-refractivity contribution in [1.29, 1.82) is 0 Å². The Labute approximate surface area is 125 Å². The van der Waals surface area contributed by atoms with E-state index in [-0.39, 0.29) is 11.6 Å². The second-order valence-electron chi connectivity index (χ2n) is 4.48. The predicted octanol–water partition coefficient (Wildman–Crippen LogP) is 2.38. The van der Waals surface area contributed by atoms with Gasteiger partial charge < -0.3 is 11.1 Å². The molecule has 0 bridgehead atoms. The number of hydrogen-bond acceptors (Lipinski definition) is 5. The molecule has 0 radical (unpaired) electrons. The number of amides is 1. The quantitative estimate of drug-likeness (QED) is 0.777. The van der Waals surface area contributed by atoms with Crippen molar-refractivity contribution < 1.29 is 4.79 Å². The smallest absolute Gasteiger partial charge is 0.278 e. The minimum Gasteiger partial charge on any atom is -0.396 e. The van der Waals surface area contributed by atoms with Crippen molar-refractivity contribution in [2.75, 3.05) is 11.1 Å². The van der Waals surface area contributed by atoms with Crippen LogP contribution in [0.3, 0.4) is 0 Å². The molecule has 6 nitrogen and oxygen atoms in total. The fraction of sp³-hybridized carbons (Fsp3) is 0.0714. The van der Waals surface area contributed by atoms with Gasteiger partial charge in [0.25, 0.3) is 5.91 Å². The second kappa shape index (κ2) is 5.37. The zero-order valence-corrected chi connectivity index (χ0v) is 12.1. The average molecular weight is 299 g/mol. The molecule has 7 heteroatoms. The highest BCUT2D eigenvalue weighted by Crippen LogP contribution is 2.23. The molecule has 0 aliphatic heterocycles. The van der Waals surface area contributed by atoms with Gasteiger partial charge in [0.05, 0.1) is 5.69 Å². The van der Waals surface area contributed by atoms with Gasteiger partial charge in [-0.3, -0.25) is 9.48 Å². The van der Waals surface area contributed by atoms with Crippen LogP contribution in [0, 0.1) is 0 Å². The first kappa shape index (κ1) is 13.3. The molecule has 0 atom stereocenters. The summed E-state index contributed by atoms with van der Waals surface area (Å²) >= 11 is 1.57. The lowest BCUT2D eigenvalue weighted by atomic mass is 10.2. The molecule has 1 aromatic carbocycles. The summed E-state index contributed by atoms with van der Waals surface area (Å²) < 4.78 is 1.51. The van der Waals surface area contributed by atoms with E-state index >= 15 is 0 Å². The summed E-state index contributed by atoms with van der Waals surface area (Å²) in [4.78, 5) is 16.3. The van der Waals surface area contributed by atoms with Gasteiger partial charge in [-0.05, 0) is 24.3 Å². The van der Waals surface area contributed by atoms with Crippen molar-refractivity contribution in [2.45, 2.75) is 0 Å². The van der Waals surface area contributed by atoms with E-state index in [1.165, 1.54) is 4.68 Å². The number of nitrogens with two attached hydrogens (primary N) is 1. The van der Waals surface area contributed by atoms with Gasteiger partial charge >= 0.3 is 0 Å². The van der Waals surface area contributed by atoms with E-state index in [0.717, 1.165) is 10.6 Å². The van der Waals surface area contributed by atoms with Crippen molar-refractivity contribution in [1.82, 2.24) is 14.8 Å². The summed E-state index contributed by atoms with van der Waals surface area (Å²) in [7, 11) is 1.72. The maximum atomic E-state index is 12.1. The van der Waals surface area contributed by atoms with Crippen LogP contribution < -0.4 is 11.1 Å². The van der Waals surface area contributed by atoms with Crippen LogP contribution in [-0.4, -0.2) is 20.7 Å². The van der Waals surface area contributed by atoms with Gasteiger partial charge in [-0.15, -0.1) is 11.3 Å². The number of thiazole rings is 1. The summed E-state index contributed by atoms with van der Waals surface area (Å²) in [6, 6.07) is 7.48. The highest BCUT2D eigenvalue weighted by molar-refractivity contribution is 7.13. The Morgan fingerprint density at radius 3 is 2.67 bits per heavy atom. The standard InChI is InChI=1S/C14H13N5OS/c1-19-8-11(15)12(18-19)13(20)17-10-4-2-9(3-5-10)14-16-6-7-21-14/h2-8H,15H2,1H3,(H,17,20). The molecule has 3 aromatic rings. The monoisotopic (exact) mass is 299 g/mol. The van der Waals surface area contributed by atoms with Crippen LogP contribution in [0.2, 0.25) is 0 Å². The van der Waals surface area contributed by atoms with E-state index in [1.54, 1.807) is 30.8 Å². The molecule has 0 aliphatic carbocycles. The summed E-state index contributed by atoms with van der Waals surface area (Å²) in [5.74, 6) is -0.324. The van der Waals surface area contributed by atoms with Crippen LogP contribution >= 0.6 is 11.3 Å². The van der Waals surface area contributed by atoms with E-state index in [9.17, 15) is 4.79 Å². The summed E-state index contributed by atoms with van der Waals surface area (Å²) in [6.07, 6.45) is 3.36.